The highest BCUT2D eigenvalue weighted by Crippen LogP contribution is 2.18. The minimum Gasteiger partial charge on any atom is -0.280 e. The molecule has 0 aromatic heterocycles. The highest BCUT2D eigenvalue weighted by Gasteiger charge is 2.14. The van der Waals surface area contributed by atoms with Crippen LogP contribution in [0, 0.1) is 0 Å². The molecule has 0 saturated heterocycles. The van der Waals surface area contributed by atoms with E-state index in [1.807, 2.05) is 0 Å². The second-order valence-corrected chi connectivity index (χ2v) is 7.91. The number of hydrogen-bond acceptors (Lipinski definition) is 4. The molecular formula is C13H13NO4S2. The van der Waals surface area contributed by atoms with Crippen LogP contribution in [0.1, 0.15) is 0 Å². The first-order chi connectivity index (χ1) is 9.29. The van der Waals surface area contributed by atoms with Crippen molar-refractivity contribution in [1.82, 2.24) is 0 Å². The fraction of sp³-hybridized carbons (Fsp3) is 0.0769. The molecule has 0 aliphatic rings. The number of hydrogen-bond donors (Lipinski definition) is 1. The molecule has 0 fully saturated rings. The van der Waals surface area contributed by atoms with E-state index in [0.29, 0.717) is 5.69 Å². The largest absolute Gasteiger partial charge is 0.280 e. The van der Waals surface area contributed by atoms with Gasteiger partial charge in [0.25, 0.3) is 10.0 Å². The van der Waals surface area contributed by atoms with E-state index in [1.54, 1.807) is 18.2 Å². The lowest BCUT2D eigenvalue weighted by atomic mass is 10.3. The van der Waals surface area contributed by atoms with Crippen LogP contribution in [0.5, 0.6) is 0 Å². The van der Waals surface area contributed by atoms with E-state index >= 15 is 0 Å². The zero-order valence-electron chi connectivity index (χ0n) is 10.6. The Balaban J connectivity index is 2.27. The van der Waals surface area contributed by atoms with Gasteiger partial charge in [0.05, 0.1) is 9.79 Å². The van der Waals surface area contributed by atoms with Crippen molar-refractivity contribution in [2.75, 3.05) is 11.0 Å². The molecule has 0 bridgehead atoms. The van der Waals surface area contributed by atoms with Crippen molar-refractivity contribution in [3.63, 3.8) is 0 Å². The zero-order chi connectivity index (χ0) is 14.8. The maximum atomic E-state index is 12.1. The fourth-order valence-corrected chi connectivity index (χ4v) is 3.29. The Bertz CT molecular complexity index is 795. The van der Waals surface area contributed by atoms with Gasteiger partial charge in [0.15, 0.2) is 9.84 Å². The maximum Gasteiger partial charge on any atom is 0.261 e. The van der Waals surface area contributed by atoms with Crippen LogP contribution in [0.2, 0.25) is 0 Å². The molecule has 0 heterocycles. The highest BCUT2D eigenvalue weighted by atomic mass is 32.2. The van der Waals surface area contributed by atoms with Gasteiger partial charge in [0, 0.05) is 11.9 Å². The van der Waals surface area contributed by atoms with Gasteiger partial charge in [-0.15, -0.1) is 0 Å². The Hall–Kier alpha value is -1.86. The van der Waals surface area contributed by atoms with Gasteiger partial charge in [-0.3, -0.25) is 4.72 Å². The monoisotopic (exact) mass is 311 g/mol. The van der Waals surface area contributed by atoms with Gasteiger partial charge >= 0.3 is 0 Å². The quantitative estimate of drug-likeness (QED) is 0.935. The molecule has 1 N–H and O–H groups in total. The van der Waals surface area contributed by atoms with Crippen LogP contribution in [0.15, 0.2) is 64.4 Å². The van der Waals surface area contributed by atoms with Crippen molar-refractivity contribution in [2.24, 2.45) is 0 Å². The summed E-state index contributed by atoms with van der Waals surface area (Å²) in [6.07, 6.45) is 1.09. The summed E-state index contributed by atoms with van der Waals surface area (Å²) in [4.78, 5) is 0.285. The van der Waals surface area contributed by atoms with E-state index in [2.05, 4.69) is 4.72 Å². The second kappa shape index (κ2) is 5.26. The van der Waals surface area contributed by atoms with Gasteiger partial charge < -0.3 is 0 Å². The minimum absolute atomic E-state index is 0.139. The second-order valence-electron chi connectivity index (χ2n) is 4.22. The van der Waals surface area contributed by atoms with Crippen LogP contribution in [-0.2, 0) is 19.9 Å². The standard InChI is InChI=1S/C13H13NO4S2/c1-19(15,16)12-9-7-11(8-10-12)14-20(17,18)13-5-3-2-4-6-13/h2-10,14H,1H3. The Labute approximate surface area is 118 Å². The first kappa shape index (κ1) is 14.5. The van der Waals surface area contributed by atoms with Crippen LogP contribution in [0.4, 0.5) is 5.69 Å². The molecule has 0 aliphatic heterocycles. The van der Waals surface area contributed by atoms with Crippen molar-refractivity contribution < 1.29 is 16.8 Å². The molecule has 106 valence electrons. The lowest BCUT2D eigenvalue weighted by Crippen LogP contribution is -2.12. The Morgan fingerprint density at radius 2 is 1.30 bits per heavy atom. The van der Waals surface area contributed by atoms with Crippen molar-refractivity contribution >= 4 is 25.5 Å². The Morgan fingerprint density at radius 3 is 1.80 bits per heavy atom. The van der Waals surface area contributed by atoms with Gasteiger partial charge in [0.2, 0.25) is 0 Å². The third-order valence-electron chi connectivity index (χ3n) is 2.59. The van der Waals surface area contributed by atoms with Crippen molar-refractivity contribution in [2.45, 2.75) is 9.79 Å². The summed E-state index contributed by atoms with van der Waals surface area (Å²) in [7, 11) is -6.95. The minimum atomic E-state index is -3.66. The molecule has 0 amide bonds. The third-order valence-corrected chi connectivity index (χ3v) is 5.11. The highest BCUT2D eigenvalue weighted by molar-refractivity contribution is 7.92. The average molecular weight is 311 g/mol. The molecule has 0 saturated carbocycles. The summed E-state index contributed by atoms with van der Waals surface area (Å²) in [5, 5.41) is 0. The van der Waals surface area contributed by atoms with Crippen LogP contribution in [0.25, 0.3) is 0 Å². The number of nitrogens with one attached hydrogen (secondary N) is 1. The predicted octanol–water partition coefficient (Wildman–Crippen LogP) is 1.89. The van der Waals surface area contributed by atoms with Crippen LogP contribution >= 0.6 is 0 Å². The van der Waals surface area contributed by atoms with Crippen molar-refractivity contribution in [3.05, 3.63) is 54.6 Å². The van der Waals surface area contributed by atoms with Gasteiger partial charge in [-0.1, -0.05) is 18.2 Å². The summed E-state index contributed by atoms with van der Waals surface area (Å²) in [5.41, 5.74) is 0.307. The van der Waals surface area contributed by atoms with Crippen LogP contribution in [0.3, 0.4) is 0 Å². The molecule has 2 aromatic carbocycles. The topological polar surface area (TPSA) is 80.3 Å². The molecule has 0 spiro atoms. The van der Waals surface area contributed by atoms with Gasteiger partial charge in [-0.2, -0.15) is 0 Å². The number of benzene rings is 2. The van der Waals surface area contributed by atoms with Crippen LogP contribution in [-0.4, -0.2) is 23.1 Å². The van der Waals surface area contributed by atoms with E-state index in [-0.39, 0.29) is 9.79 Å². The van der Waals surface area contributed by atoms with Crippen LogP contribution < -0.4 is 4.72 Å². The smallest absolute Gasteiger partial charge is 0.261 e. The normalized spacial score (nSPS) is 12.1. The fourth-order valence-electron chi connectivity index (χ4n) is 1.58. The third kappa shape index (κ3) is 3.37. The molecule has 0 atom stereocenters. The molecule has 2 aromatic rings. The summed E-state index contributed by atoms with van der Waals surface area (Å²) in [6.45, 7) is 0. The van der Waals surface area contributed by atoms with E-state index < -0.39 is 19.9 Å². The maximum absolute atomic E-state index is 12.1. The van der Waals surface area contributed by atoms with E-state index in [0.717, 1.165) is 6.26 Å². The molecule has 0 unspecified atom stereocenters. The van der Waals surface area contributed by atoms with Crippen molar-refractivity contribution in [1.29, 1.82) is 0 Å². The molecule has 20 heavy (non-hydrogen) atoms. The number of anilines is 1. The van der Waals surface area contributed by atoms with Gasteiger partial charge in [0.1, 0.15) is 0 Å². The SMILES string of the molecule is CS(=O)(=O)c1ccc(NS(=O)(=O)c2ccccc2)cc1. The first-order valence-electron chi connectivity index (χ1n) is 5.67. The summed E-state index contributed by atoms with van der Waals surface area (Å²) < 4.78 is 49.1. The summed E-state index contributed by atoms with van der Waals surface area (Å²) in [5.74, 6) is 0. The van der Waals surface area contributed by atoms with E-state index in [9.17, 15) is 16.8 Å². The molecule has 0 radical (unpaired) electrons. The van der Waals surface area contributed by atoms with Crippen molar-refractivity contribution in [3.8, 4) is 0 Å². The van der Waals surface area contributed by atoms with Gasteiger partial charge in [-0.25, -0.2) is 16.8 Å². The lowest BCUT2D eigenvalue weighted by molar-refractivity contribution is 0.600. The first-order valence-corrected chi connectivity index (χ1v) is 9.04. The predicted molar refractivity (Wildman–Crippen MR) is 76.8 cm³/mol. The zero-order valence-corrected chi connectivity index (χ0v) is 12.3. The lowest BCUT2D eigenvalue weighted by Gasteiger charge is -2.08. The summed E-state index contributed by atoms with van der Waals surface area (Å²) in [6, 6.07) is 13.5. The molecular weight excluding hydrogens is 298 g/mol. The average Bonchev–Trinajstić information content (AvgIpc) is 2.39. The number of sulfone groups is 1. The number of rotatable bonds is 4. The Kier molecular flexibility index (Phi) is 3.82. The summed E-state index contributed by atoms with van der Waals surface area (Å²) >= 11 is 0. The van der Waals surface area contributed by atoms with E-state index in [1.165, 1.54) is 36.4 Å². The Morgan fingerprint density at radius 1 is 0.750 bits per heavy atom. The van der Waals surface area contributed by atoms with Gasteiger partial charge in [-0.05, 0) is 36.4 Å². The molecule has 2 rings (SSSR count). The molecule has 5 nitrogen and oxygen atoms in total. The van der Waals surface area contributed by atoms with E-state index in [4.69, 9.17) is 0 Å². The number of sulfonamides is 1. The molecule has 0 aliphatic carbocycles. The molecule has 7 heteroatoms.